The minimum atomic E-state index is -0.280. The van der Waals surface area contributed by atoms with E-state index < -0.39 is 0 Å². The first-order chi connectivity index (χ1) is 14.5. The molecular formula is C25H29FN2O2. The topological polar surface area (TPSA) is 34.5 Å². The lowest BCUT2D eigenvalue weighted by Crippen LogP contribution is -2.48. The van der Waals surface area contributed by atoms with Crippen LogP contribution in [0.4, 0.5) is 4.39 Å². The monoisotopic (exact) mass is 408 g/mol. The third kappa shape index (κ3) is 4.12. The predicted octanol–water partition coefficient (Wildman–Crippen LogP) is 4.96. The minimum absolute atomic E-state index is 0.0207. The van der Waals surface area contributed by atoms with Crippen LogP contribution in [-0.2, 0) is 16.1 Å². The van der Waals surface area contributed by atoms with Gasteiger partial charge >= 0.3 is 0 Å². The van der Waals surface area contributed by atoms with E-state index in [4.69, 9.17) is 4.74 Å². The summed E-state index contributed by atoms with van der Waals surface area (Å²) in [5.74, 6) is -0.406. The molecular weight excluding hydrogens is 379 g/mol. The summed E-state index contributed by atoms with van der Waals surface area (Å²) in [6.45, 7) is 8.12. The fourth-order valence-corrected chi connectivity index (χ4v) is 4.63. The van der Waals surface area contributed by atoms with Crippen molar-refractivity contribution in [2.24, 2.45) is 0 Å². The van der Waals surface area contributed by atoms with E-state index in [9.17, 15) is 9.18 Å². The van der Waals surface area contributed by atoms with Crippen molar-refractivity contribution in [2.45, 2.75) is 51.9 Å². The summed E-state index contributed by atoms with van der Waals surface area (Å²) in [6, 6.07) is 14.9. The van der Waals surface area contributed by atoms with Crippen molar-refractivity contribution in [3.8, 4) is 0 Å². The van der Waals surface area contributed by atoms with Gasteiger partial charge in [-0.05, 0) is 50.1 Å². The molecule has 0 bridgehead atoms. The van der Waals surface area contributed by atoms with E-state index in [2.05, 4.69) is 29.8 Å². The Balaban J connectivity index is 1.74. The smallest absolute Gasteiger partial charge is 0.223 e. The fourth-order valence-electron chi connectivity index (χ4n) is 4.63. The highest BCUT2D eigenvalue weighted by Gasteiger charge is 2.29. The average Bonchev–Trinajstić information content (AvgIpc) is 3.10. The maximum absolute atomic E-state index is 14.1. The number of halogens is 1. The van der Waals surface area contributed by atoms with E-state index >= 15 is 0 Å². The lowest BCUT2D eigenvalue weighted by molar-refractivity contribution is -0.143. The number of fused-ring (bicyclic) bond motifs is 1. The summed E-state index contributed by atoms with van der Waals surface area (Å²) in [5.41, 5.74) is 3.04. The number of benzene rings is 2. The van der Waals surface area contributed by atoms with Gasteiger partial charge in [0.25, 0.3) is 0 Å². The fraction of sp³-hybridized carbons (Fsp3) is 0.400. The van der Waals surface area contributed by atoms with Gasteiger partial charge in [-0.3, -0.25) is 4.79 Å². The molecule has 5 heteroatoms. The molecule has 4 nitrogen and oxygen atoms in total. The van der Waals surface area contributed by atoms with Crippen molar-refractivity contribution in [1.29, 1.82) is 0 Å². The average molecular weight is 409 g/mol. The number of aryl methyl sites for hydroxylation is 1. The number of hydrogen-bond donors (Lipinski definition) is 0. The molecule has 1 amide bonds. The molecule has 0 aliphatic carbocycles. The summed E-state index contributed by atoms with van der Waals surface area (Å²) in [5, 5.41) is 1.12. The molecule has 3 atom stereocenters. The molecule has 1 aromatic heterocycles. The van der Waals surface area contributed by atoms with E-state index in [1.807, 2.05) is 36.9 Å². The SMILES string of the molecule is CCn1cc(C(CC(=O)N2CC(C)OC(C)C2)c2cccc(F)c2)c2ccccc21. The van der Waals surface area contributed by atoms with Crippen molar-refractivity contribution < 1.29 is 13.9 Å². The molecule has 3 aromatic rings. The lowest BCUT2D eigenvalue weighted by atomic mass is 9.87. The number of hydrogen-bond acceptors (Lipinski definition) is 2. The van der Waals surface area contributed by atoms with Crippen LogP contribution in [0.3, 0.4) is 0 Å². The Bertz CT molecular complexity index is 1030. The van der Waals surface area contributed by atoms with Crippen molar-refractivity contribution in [2.75, 3.05) is 13.1 Å². The Kier molecular flexibility index (Phi) is 5.91. The van der Waals surface area contributed by atoms with Crippen LogP contribution in [0.1, 0.15) is 44.2 Å². The lowest BCUT2D eigenvalue weighted by Gasteiger charge is -2.36. The number of aromatic nitrogens is 1. The van der Waals surface area contributed by atoms with Crippen LogP contribution >= 0.6 is 0 Å². The number of carbonyl (C=O) groups excluding carboxylic acids is 1. The van der Waals surface area contributed by atoms with Crippen molar-refractivity contribution in [1.82, 2.24) is 9.47 Å². The van der Waals surface area contributed by atoms with Gasteiger partial charge < -0.3 is 14.2 Å². The zero-order chi connectivity index (χ0) is 21.3. The van der Waals surface area contributed by atoms with Crippen LogP contribution in [0.25, 0.3) is 10.9 Å². The molecule has 1 fully saturated rings. The Hall–Kier alpha value is -2.66. The van der Waals surface area contributed by atoms with E-state index in [-0.39, 0.29) is 29.9 Å². The minimum Gasteiger partial charge on any atom is -0.372 e. The Morgan fingerprint density at radius 3 is 2.57 bits per heavy atom. The quantitative estimate of drug-likeness (QED) is 0.598. The van der Waals surface area contributed by atoms with Crippen LogP contribution < -0.4 is 0 Å². The van der Waals surface area contributed by atoms with Crippen LogP contribution in [0.15, 0.2) is 54.7 Å². The van der Waals surface area contributed by atoms with Gasteiger partial charge in [0, 0.05) is 49.1 Å². The van der Waals surface area contributed by atoms with Crippen molar-refractivity contribution in [3.63, 3.8) is 0 Å². The van der Waals surface area contributed by atoms with Crippen LogP contribution in [0.5, 0.6) is 0 Å². The van der Waals surface area contributed by atoms with E-state index in [1.54, 1.807) is 12.1 Å². The van der Waals surface area contributed by atoms with Gasteiger partial charge in [0.15, 0.2) is 0 Å². The van der Waals surface area contributed by atoms with Gasteiger partial charge in [-0.25, -0.2) is 4.39 Å². The molecule has 2 heterocycles. The highest BCUT2D eigenvalue weighted by Crippen LogP contribution is 2.35. The first-order valence-electron chi connectivity index (χ1n) is 10.7. The second-order valence-electron chi connectivity index (χ2n) is 8.26. The number of amides is 1. The summed E-state index contributed by atoms with van der Waals surface area (Å²) < 4.78 is 22.1. The highest BCUT2D eigenvalue weighted by atomic mass is 19.1. The standard InChI is InChI=1S/C25H29FN2O2/c1-4-27-16-23(21-10-5-6-11-24(21)27)22(19-8-7-9-20(26)12-19)13-25(29)28-14-17(2)30-18(3)15-28/h5-12,16-18,22H,4,13-15H2,1-3H3. The molecule has 1 saturated heterocycles. The van der Waals surface area contributed by atoms with Crippen LogP contribution in [0.2, 0.25) is 0 Å². The van der Waals surface area contributed by atoms with E-state index in [0.717, 1.165) is 28.6 Å². The first kappa shape index (κ1) is 20.6. The van der Waals surface area contributed by atoms with Crippen LogP contribution in [0, 0.1) is 5.82 Å². The third-order valence-corrected chi connectivity index (χ3v) is 5.94. The summed E-state index contributed by atoms with van der Waals surface area (Å²) in [6.07, 6.45) is 2.47. The predicted molar refractivity (Wildman–Crippen MR) is 117 cm³/mol. The van der Waals surface area contributed by atoms with Gasteiger partial charge in [0.05, 0.1) is 12.2 Å². The molecule has 3 unspecified atom stereocenters. The number of para-hydroxylation sites is 1. The van der Waals surface area contributed by atoms with Gasteiger partial charge in [-0.2, -0.15) is 0 Å². The number of carbonyl (C=O) groups is 1. The molecule has 2 aromatic carbocycles. The second kappa shape index (κ2) is 8.60. The van der Waals surface area contributed by atoms with Gasteiger partial charge in [0.1, 0.15) is 5.82 Å². The zero-order valence-electron chi connectivity index (χ0n) is 17.8. The molecule has 4 rings (SSSR count). The van der Waals surface area contributed by atoms with Crippen molar-refractivity contribution >= 4 is 16.8 Å². The molecule has 158 valence electrons. The summed E-state index contributed by atoms with van der Waals surface area (Å²) in [4.78, 5) is 15.2. The molecule has 0 N–H and O–H groups in total. The van der Waals surface area contributed by atoms with Crippen molar-refractivity contribution in [3.05, 3.63) is 71.7 Å². The highest BCUT2D eigenvalue weighted by molar-refractivity contribution is 5.86. The zero-order valence-corrected chi connectivity index (χ0v) is 17.8. The molecule has 0 saturated carbocycles. The normalized spacial score (nSPS) is 20.5. The number of morpholine rings is 1. The number of rotatable bonds is 5. The second-order valence-corrected chi connectivity index (χ2v) is 8.26. The third-order valence-electron chi connectivity index (χ3n) is 5.94. The van der Waals surface area contributed by atoms with Gasteiger partial charge in [0.2, 0.25) is 5.91 Å². The Labute approximate surface area is 177 Å². The van der Waals surface area contributed by atoms with Gasteiger partial charge in [-0.15, -0.1) is 0 Å². The number of nitrogens with zero attached hydrogens (tertiary/aromatic N) is 2. The first-order valence-corrected chi connectivity index (χ1v) is 10.7. The molecule has 0 radical (unpaired) electrons. The Morgan fingerprint density at radius 1 is 1.13 bits per heavy atom. The largest absolute Gasteiger partial charge is 0.372 e. The van der Waals surface area contributed by atoms with Gasteiger partial charge in [-0.1, -0.05) is 30.3 Å². The molecule has 0 spiro atoms. The van der Waals surface area contributed by atoms with E-state index in [0.29, 0.717) is 19.5 Å². The maximum atomic E-state index is 14.1. The van der Waals surface area contributed by atoms with E-state index in [1.165, 1.54) is 6.07 Å². The summed E-state index contributed by atoms with van der Waals surface area (Å²) >= 11 is 0. The Morgan fingerprint density at radius 2 is 1.87 bits per heavy atom. The van der Waals surface area contributed by atoms with Crippen LogP contribution in [-0.4, -0.2) is 40.7 Å². The number of ether oxygens (including phenoxy) is 1. The maximum Gasteiger partial charge on any atom is 0.223 e. The summed E-state index contributed by atoms with van der Waals surface area (Å²) in [7, 11) is 0. The molecule has 1 aliphatic heterocycles. The molecule has 30 heavy (non-hydrogen) atoms. The molecule has 1 aliphatic rings.